The van der Waals surface area contributed by atoms with Crippen LogP contribution in [0.3, 0.4) is 0 Å². The lowest BCUT2D eigenvalue weighted by atomic mass is 9.80. The summed E-state index contributed by atoms with van der Waals surface area (Å²) in [6.45, 7) is 0. The van der Waals surface area contributed by atoms with Crippen LogP contribution in [0.15, 0.2) is 53.5 Å². The van der Waals surface area contributed by atoms with E-state index < -0.39 is 11.9 Å². The van der Waals surface area contributed by atoms with Crippen molar-refractivity contribution in [3.8, 4) is 0 Å². The maximum atomic E-state index is 13.1. The van der Waals surface area contributed by atoms with E-state index in [1.807, 2.05) is 6.07 Å². The Morgan fingerprint density at radius 3 is 2.39 bits per heavy atom. The van der Waals surface area contributed by atoms with Gasteiger partial charge in [-0.25, -0.2) is 4.98 Å². The molecular formula is C23H20ClF3N3O-. The first kappa shape index (κ1) is 21.4. The third-order valence-electron chi connectivity index (χ3n) is 5.71. The SMILES string of the molecule is Nc1cc(C(F)(F)F)nc2cccc(C3CCC(N=C([O-])c4ccc(Cl)cc4)CC3)c12. The molecule has 1 saturated carbocycles. The average molecular weight is 447 g/mol. The molecule has 162 valence electrons. The van der Waals surface area contributed by atoms with Gasteiger partial charge in [-0.05, 0) is 72.9 Å². The lowest BCUT2D eigenvalue weighted by molar-refractivity contribution is -0.213. The molecular weight excluding hydrogens is 427 g/mol. The maximum absolute atomic E-state index is 13.1. The monoisotopic (exact) mass is 446 g/mol. The highest BCUT2D eigenvalue weighted by Gasteiger charge is 2.34. The number of anilines is 1. The molecule has 2 aromatic carbocycles. The van der Waals surface area contributed by atoms with Gasteiger partial charge in [-0.3, -0.25) is 4.99 Å². The molecule has 0 bridgehead atoms. The highest BCUT2D eigenvalue weighted by Crippen LogP contribution is 2.40. The molecule has 1 aromatic heterocycles. The molecule has 0 amide bonds. The van der Waals surface area contributed by atoms with Crippen LogP contribution in [-0.4, -0.2) is 16.9 Å². The second-order valence-corrected chi connectivity index (χ2v) is 8.22. The van der Waals surface area contributed by atoms with E-state index in [0.717, 1.165) is 24.5 Å². The third kappa shape index (κ3) is 4.61. The molecule has 2 N–H and O–H groups in total. The number of alkyl halides is 3. The minimum absolute atomic E-state index is 0.0812. The van der Waals surface area contributed by atoms with Crippen molar-refractivity contribution >= 4 is 34.1 Å². The second-order valence-electron chi connectivity index (χ2n) is 7.78. The van der Waals surface area contributed by atoms with Crippen LogP contribution in [0.25, 0.3) is 10.9 Å². The van der Waals surface area contributed by atoms with E-state index in [0.29, 0.717) is 28.8 Å². The van der Waals surface area contributed by atoms with Crippen LogP contribution in [-0.2, 0) is 6.18 Å². The number of aromatic nitrogens is 1. The molecule has 3 aromatic rings. The molecule has 4 rings (SSSR count). The molecule has 0 spiro atoms. The van der Waals surface area contributed by atoms with Crippen molar-refractivity contribution in [2.45, 2.75) is 43.8 Å². The van der Waals surface area contributed by atoms with Gasteiger partial charge in [0.25, 0.3) is 0 Å². The Labute approximate surface area is 182 Å². The minimum Gasteiger partial charge on any atom is -0.858 e. The molecule has 1 aliphatic carbocycles. The normalized spacial score (nSPS) is 20.2. The maximum Gasteiger partial charge on any atom is 0.433 e. The number of nitrogen functional groups attached to an aromatic ring is 1. The largest absolute Gasteiger partial charge is 0.858 e. The zero-order valence-corrected chi connectivity index (χ0v) is 17.2. The van der Waals surface area contributed by atoms with Gasteiger partial charge in [-0.1, -0.05) is 35.9 Å². The Kier molecular flexibility index (Phi) is 5.79. The zero-order valence-electron chi connectivity index (χ0n) is 16.5. The third-order valence-corrected chi connectivity index (χ3v) is 5.97. The van der Waals surface area contributed by atoms with E-state index in [2.05, 4.69) is 9.98 Å². The summed E-state index contributed by atoms with van der Waals surface area (Å²) >= 11 is 5.85. The predicted molar refractivity (Wildman–Crippen MR) is 114 cm³/mol. The van der Waals surface area contributed by atoms with Crippen molar-refractivity contribution < 1.29 is 18.3 Å². The van der Waals surface area contributed by atoms with Crippen LogP contribution in [0.4, 0.5) is 18.9 Å². The Morgan fingerprint density at radius 2 is 1.74 bits per heavy atom. The second kappa shape index (κ2) is 8.38. The molecule has 0 atom stereocenters. The standard InChI is InChI=1S/C23H21ClF3N3O/c24-15-8-4-14(5-9-15)22(31)29-16-10-6-13(7-11-16)17-2-1-3-19-21(17)18(28)12-20(30-19)23(25,26)27/h1-5,8-9,12-13,16H,6-7,10-11H2,(H2,28,30)(H,29,31)/p-1. The fraction of sp³-hybridized carbons (Fsp3) is 0.304. The van der Waals surface area contributed by atoms with Crippen molar-refractivity contribution in [2.24, 2.45) is 4.99 Å². The number of hydrogen-bond donors (Lipinski definition) is 1. The summed E-state index contributed by atoms with van der Waals surface area (Å²) in [5, 5.41) is 13.5. The molecule has 8 heteroatoms. The minimum atomic E-state index is -4.55. The van der Waals surface area contributed by atoms with E-state index in [1.54, 1.807) is 36.4 Å². The Bertz CT molecular complexity index is 1120. The summed E-state index contributed by atoms with van der Waals surface area (Å²) in [4.78, 5) is 8.12. The number of halogens is 4. The topological polar surface area (TPSA) is 74.3 Å². The Morgan fingerprint density at radius 1 is 1.06 bits per heavy atom. The number of nitrogens with zero attached hydrogens (tertiary/aromatic N) is 2. The number of hydrogen-bond acceptors (Lipinski definition) is 4. The number of pyridine rings is 1. The van der Waals surface area contributed by atoms with Crippen molar-refractivity contribution in [1.29, 1.82) is 0 Å². The fourth-order valence-corrected chi connectivity index (χ4v) is 4.31. The van der Waals surface area contributed by atoms with E-state index >= 15 is 0 Å². The summed E-state index contributed by atoms with van der Waals surface area (Å²) < 4.78 is 39.2. The van der Waals surface area contributed by atoms with Gasteiger partial charge < -0.3 is 10.8 Å². The van der Waals surface area contributed by atoms with Gasteiger partial charge in [0.2, 0.25) is 0 Å². The summed E-state index contributed by atoms with van der Waals surface area (Å²) in [5.74, 6) is -0.139. The van der Waals surface area contributed by atoms with Crippen LogP contribution in [0.5, 0.6) is 0 Å². The van der Waals surface area contributed by atoms with Gasteiger partial charge >= 0.3 is 6.18 Å². The first-order valence-electron chi connectivity index (χ1n) is 9.99. The highest BCUT2D eigenvalue weighted by molar-refractivity contribution is 6.30. The Hall–Kier alpha value is -2.80. The summed E-state index contributed by atoms with van der Waals surface area (Å²) in [5.41, 5.74) is 6.76. The van der Waals surface area contributed by atoms with Gasteiger partial charge in [0.1, 0.15) is 5.69 Å². The van der Waals surface area contributed by atoms with Gasteiger partial charge in [-0.15, -0.1) is 0 Å². The molecule has 0 unspecified atom stereocenters. The van der Waals surface area contributed by atoms with Gasteiger partial charge in [0.15, 0.2) is 0 Å². The summed E-state index contributed by atoms with van der Waals surface area (Å²) in [7, 11) is 0. The van der Waals surface area contributed by atoms with Gasteiger partial charge in [-0.2, -0.15) is 13.2 Å². The molecule has 31 heavy (non-hydrogen) atoms. The summed E-state index contributed by atoms with van der Waals surface area (Å²) in [6.07, 6.45) is -1.58. The quantitative estimate of drug-likeness (QED) is 0.437. The highest BCUT2D eigenvalue weighted by atomic mass is 35.5. The summed E-state index contributed by atoms with van der Waals surface area (Å²) in [6, 6.07) is 12.6. The number of fused-ring (bicyclic) bond motifs is 1. The molecule has 1 fully saturated rings. The van der Waals surface area contributed by atoms with Crippen molar-refractivity contribution in [3.63, 3.8) is 0 Å². The van der Waals surface area contributed by atoms with E-state index in [1.165, 1.54) is 0 Å². The number of benzene rings is 2. The first-order chi connectivity index (χ1) is 14.7. The Balaban J connectivity index is 1.53. The predicted octanol–water partition coefficient (Wildman–Crippen LogP) is 5.32. The fourth-order valence-electron chi connectivity index (χ4n) is 4.18. The van der Waals surface area contributed by atoms with Gasteiger partial charge in [0.05, 0.1) is 5.52 Å². The van der Waals surface area contributed by atoms with Gasteiger partial charge in [0, 0.05) is 22.1 Å². The molecule has 0 radical (unpaired) electrons. The van der Waals surface area contributed by atoms with Crippen LogP contribution < -0.4 is 10.8 Å². The molecule has 1 heterocycles. The van der Waals surface area contributed by atoms with E-state index in [9.17, 15) is 18.3 Å². The molecule has 4 nitrogen and oxygen atoms in total. The molecule has 1 aliphatic rings. The number of aliphatic imine (C=N–C) groups is 1. The van der Waals surface area contributed by atoms with E-state index in [-0.39, 0.29) is 29.1 Å². The van der Waals surface area contributed by atoms with Crippen molar-refractivity contribution in [1.82, 2.24) is 4.98 Å². The first-order valence-corrected chi connectivity index (χ1v) is 10.4. The lowest BCUT2D eigenvalue weighted by Gasteiger charge is -2.29. The van der Waals surface area contributed by atoms with Crippen molar-refractivity contribution in [2.75, 3.05) is 5.73 Å². The van der Waals surface area contributed by atoms with Crippen LogP contribution in [0, 0.1) is 0 Å². The number of rotatable bonds is 3. The van der Waals surface area contributed by atoms with Crippen molar-refractivity contribution in [3.05, 3.63) is 70.4 Å². The van der Waals surface area contributed by atoms with Crippen LogP contribution in [0.1, 0.15) is 48.4 Å². The smallest absolute Gasteiger partial charge is 0.433 e. The van der Waals surface area contributed by atoms with Crippen LogP contribution in [0.2, 0.25) is 5.02 Å². The molecule has 0 aliphatic heterocycles. The van der Waals surface area contributed by atoms with Crippen LogP contribution >= 0.6 is 11.6 Å². The average Bonchev–Trinajstić information content (AvgIpc) is 2.73. The number of nitrogens with two attached hydrogens (primary N) is 1. The lowest BCUT2D eigenvalue weighted by Crippen LogP contribution is -2.24. The zero-order chi connectivity index (χ0) is 22.2. The van der Waals surface area contributed by atoms with E-state index in [4.69, 9.17) is 17.3 Å². The molecule has 0 saturated heterocycles.